The van der Waals surface area contributed by atoms with Crippen LogP contribution in [0.4, 0.5) is 11.4 Å². The zero-order valence-corrected chi connectivity index (χ0v) is 19.8. The highest BCUT2D eigenvalue weighted by Crippen LogP contribution is 2.32. The number of carbonyl (C=O) groups is 3. The minimum atomic E-state index is -0.662. The highest BCUT2D eigenvalue weighted by Gasteiger charge is 2.35. The number of fused-ring (bicyclic) bond motifs is 2. The number of carbonyl (C=O) groups excluding carboxylic acids is 3. The third-order valence-corrected chi connectivity index (χ3v) is 6.87. The number of hydrogen-bond acceptors (Lipinski definition) is 6. The molecule has 1 saturated heterocycles. The molecule has 36 heavy (non-hydrogen) atoms. The van der Waals surface area contributed by atoms with Crippen molar-refractivity contribution in [2.45, 2.75) is 25.9 Å². The fourth-order valence-electron chi connectivity index (χ4n) is 5.06. The van der Waals surface area contributed by atoms with Crippen molar-refractivity contribution in [1.29, 1.82) is 0 Å². The topological polar surface area (TPSA) is 120 Å². The normalized spacial score (nSPS) is 19.2. The highest BCUT2D eigenvalue weighted by atomic mass is 16.5. The van der Waals surface area contributed by atoms with Gasteiger partial charge in [-0.2, -0.15) is 5.10 Å². The zero-order chi connectivity index (χ0) is 25.0. The average Bonchev–Trinajstić information content (AvgIpc) is 3.51. The largest absolute Gasteiger partial charge is 0.493 e. The second-order valence-corrected chi connectivity index (χ2v) is 9.19. The van der Waals surface area contributed by atoms with E-state index in [0.29, 0.717) is 48.7 Å². The summed E-state index contributed by atoms with van der Waals surface area (Å²) >= 11 is 0. The van der Waals surface area contributed by atoms with Crippen molar-refractivity contribution in [3.8, 4) is 11.4 Å². The number of anilines is 2. The maximum atomic E-state index is 13.8. The molecule has 2 N–H and O–H groups in total. The Balaban J connectivity index is 1.35. The monoisotopic (exact) mass is 487 g/mol. The fraction of sp³-hybridized carbons (Fsp3) is 0.308. The lowest BCUT2D eigenvalue weighted by atomic mass is 10.0. The molecule has 10 heteroatoms. The van der Waals surface area contributed by atoms with Crippen LogP contribution in [0.3, 0.4) is 0 Å². The average molecular weight is 488 g/mol. The molecule has 2 aromatic carbocycles. The Labute approximate surface area is 207 Å². The summed E-state index contributed by atoms with van der Waals surface area (Å²) in [6.45, 7) is 3.45. The molecule has 0 spiro atoms. The van der Waals surface area contributed by atoms with Crippen LogP contribution in [0.25, 0.3) is 5.69 Å². The van der Waals surface area contributed by atoms with E-state index in [1.165, 1.54) is 4.68 Å². The first-order valence-electron chi connectivity index (χ1n) is 11.9. The van der Waals surface area contributed by atoms with Gasteiger partial charge in [-0.25, -0.2) is 4.68 Å². The van der Waals surface area contributed by atoms with Gasteiger partial charge in [0.05, 0.1) is 24.9 Å². The molecule has 0 radical (unpaired) electrons. The van der Waals surface area contributed by atoms with E-state index in [9.17, 15) is 14.4 Å². The van der Waals surface area contributed by atoms with E-state index in [2.05, 4.69) is 5.10 Å². The van der Waals surface area contributed by atoms with Crippen molar-refractivity contribution in [3.63, 3.8) is 0 Å². The lowest BCUT2D eigenvalue weighted by molar-refractivity contribution is -0.128. The van der Waals surface area contributed by atoms with Crippen molar-refractivity contribution < 1.29 is 23.9 Å². The summed E-state index contributed by atoms with van der Waals surface area (Å²) < 4.78 is 12.5. The molecule has 6 rings (SSSR count). The molecule has 0 bridgehead atoms. The summed E-state index contributed by atoms with van der Waals surface area (Å²) in [6.07, 6.45) is 1.16. The maximum absolute atomic E-state index is 13.8. The molecule has 3 aliphatic rings. The zero-order valence-electron chi connectivity index (χ0n) is 19.8. The predicted molar refractivity (Wildman–Crippen MR) is 131 cm³/mol. The van der Waals surface area contributed by atoms with E-state index in [-0.39, 0.29) is 30.2 Å². The molecule has 1 atom stereocenters. The summed E-state index contributed by atoms with van der Waals surface area (Å²) in [5.41, 5.74) is 9.77. The second-order valence-electron chi connectivity index (χ2n) is 9.19. The van der Waals surface area contributed by atoms with Crippen LogP contribution in [0.2, 0.25) is 0 Å². The summed E-state index contributed by atoms with van der Waals surface area (Å²) in [5, 5.41) is 4.45. The van der Waals surface area contributed by atoms with Crippen LogP contribution in [0.1, 0.15) is 39.0 Å². The van der Waals surface area contributed by atoms with E-state index in [4.69, 9.17) is 15.2 Å². The van der Waals surface area contributed by atoms with Crippen LogP contribution in [0.5, 0.6) is 5.75 Å². The van der Waals surface area contributed by atoms with E-state index < -0.39 is 5.91 Å². The van der Waals surface area contributed by atoms with E-state index in [0.717, 1.165) is 23.4 Å². The van der Waals surface area contributed by atoms with Crippen LogP contribution in [0.15, 0.2) is 42.5 Å². The number of amides is 3. The molecule has 3 amide bonds. The minimum absolute atomic E-state index is 0.0463. The Hall–Kier alpha value is -4.18. The van der Waals surface area contributed by atoms with Gasteiger partial charge in [0, 0.05) is 29.9 Å². The quantitative estimate of drug-likeness (QED) is 0.600. The Morgan fingerprint density at radius 1 is 1.03 bits per heavy atom. The Morgan fingerprint density at radius 2 is 1.75 bits per heavy atom. The van der Waals surface area contributed by atoms with Gasteiger partial charge in [-0.3, -0.25) is 14.4 Å². The number of ether oxygens (including phenoxy) is 2. The molecule has 1 unspecified atom stereocenters. The van der Waals surface area contributed by atoms with Crippen molar-refractivity contribution in [2.75, 3.05) is 36.1 Å². The Bertz CT molecular complexity index is 1400. The van der Waals surface area contributed by atoms with Gasteiger partial charge in [0.2, 0.25) is 0 Å². The first-order valence-corrected chi connectivity index (χ1v) is 11.9. The van der Waals surface area contributed by atoms with E-state index in [1.54, 1.807) is 9.80 Å². The Kier molecular flexibility index (Phi) is 5.26. The maximum Gasteiger partial charge on any atom is 0.277 e. The molecule has 3 aliphatic heterocycles. The SMILES string of the molecule is CC1CN(c2ccc(N3CCc4c(C(N)=O)nn(-c5ccc6c(c5)CCO6)c4C3=O)cc2)C(=O)CO1. The van der Waals surface area contributed by atoms with Crippen molar-refractivity contribution >= 4 is 29.1 Å². The van der Waals surface area contributed by atoms with Gasteiger partial charge >= 0.3 is 0 Å². The lowest BCUT2D eigenvalue weighted by Gasteiger charge is -2.32. The summed E-state index contributed by atoms with van der Waals surface area (Å²) in [7, 11) is 0. The summed E-state index contributed by atoms with van der Waals surface area (Å²) in [6, 6.07) is 12.9. The smallest absolute Gasteiger partial charge is 0.277 e. The number of aromatic nitrogens is 2. The van der Waals surface area contributed by atoms with Crippen LogP contribution >= 0.6 is 0 Å². The van der Waals surface area contributed by atoms with Gasteiger partial charge in [-0.15, -0.1) is 0 Å². The van der Waals surface area contributed by atoms with Gasteiger partial charge in [0.1, 0.15) is 18.1 Å². The van der Waals surface area contributed by atoms with Crippen molar-refractivity contribution in [1.82, 2.24) is 9.78 Å². The minimum Gasteiger partial charge on any atom is -0.493 e. The third-order valence-electron chi connectivity index (χ3n) is 6.87. The molecular formula is C26H25N5O5. The highest BCUT2D eigenvalue weighted by molar-refractivity contribution is 6.09. The third kappa shape index (κ3) is 3.61. The summed E-state index contributed by atoms with van der Waals surface area (Å²) in [4.78, 5) is 41.6. The molecule has 1 fully saturated rings. The van der Waals surface area contributed by atoms with Crippen molar-refractivity contribution in [2.24, 2.45) is 5.73 Å². The van der Waals surface area contributed by atoms with Crippen molar-refractivity contribution in [3.05, 3.63) is 65.0 Å². The number of nitrogens with two attached hydrogens (primary N) is 1. The molecule has 4 heterocycles. The van der Waals surface area contributed by atoms with Gasteiger partial charge < -0.3 is 25.0 Å². The van der Waals surface area contributed by atoms with Crippen LogP contribution < -0.4 is 20.3 Å². The summed E-state index contributed by atoms with van der Waals surface area (Å²) in [5.74, 6) is -0.209. The molecule has 1 aromatic heterocycles. The van der Waals surface area contributed by atoms with Gasteiger partial charge in [-0.05, 0) is 61.4 Å². The lowest BCUT2D eigenvalue weighted by Crippen LogP contribution is -2.45. The second kappa shape index (κ2) is 8.49. The number of primary amides is 1. The Morgan fingerprint density at radius 3 is 2.50 bits per heavy atom. The molecule has 0 saturated carbocycles. The van der Waals surface area contributed by atoms with Crippen LogP contribution in [-0.4, -0.2) is 59.9 Å². The molecule has 184 valence electrons. The molecular weight excluding hydrogens is 462 g/mol. The van der Waals surface area contributed by atoms with E-state index >= 15 is 0 Å². The first kappa shape index (κ1) is 22.3. The number of morpholine rings is 1. The molecule has 3 aromatic rings. The van der Waals surface area contributed by atoms with E-state index in [1.807, 2.05) is 49.4 Å². The molecule has 10 nitrogen and oxygen atoms in total. The van der Waals surface area contributed by atoms with Crippen LogP contribution in [0, 0.1) is 0 Å². The number of nitrogens with zero attached hydrogens (tertiary/aromatic N) is 4. The first-order chi connectivity index (χ1) is 17.4. The van der Waals surface area contributed by atoms with Gasteiger partial charge in [-0.1, -0.05) is 0 Å². The van der Waals surface area contributed by atoms with Gasteiger partial charge in [0.15, 0.2) is 5.69 Å². The van der Waals surface area contributed by atoms with Gasteiger partial charge in [0.25, 0.3) is 17.7 Å². The predicted octanol–water partition coefficient (Wildman–Crippen LogP) is 1.86. The molecule has 0 aliphatic carbocycles. The number of rotatable bonds is 4. The van der Waals surface area contributed by atoms with Crippen LogP contribution in [-0.2, 0) is 22.4 Å². The number of hydrogen-bond donors (Lipinski definition) is 1. The standard InChI is InChI=1S/C26H25N5O5/c1-15-13-30(22(32)14-36-15)18-4-2-17(3-5-18)29-10-8-20-23(25(27)33)28-31(24(20)26(29)34)19-6-7-21-16(12-19)9-11-35-21/h2-7,12,15H,8-11,13-14H2,1H3,(H2,27,33). The number of benzene rings is 2. The fourth-order valence-corrected chi connectivity index (χ4v) is 5.06.